The van der Waals surface area contributed by atoms with Crippen molar-refractivity contribution in [3.8, 4) is 0 Å². The lowest BCUT2D eigenvalue weighted by Gasteiger charge is -2.55. The molecule has 5 aliphatic rings. The maximum Gasteiger partial charge on any atom is 0.418 e. The van der Waals surface area contributed by atoms with E-state index in [1.54, 1.807) is 0 Å². The summed E-state index contributed by atoms with van der Waals surface area (Å²) in [5.41, 5.74) is -0.214. The molecule has 0 unspecified atom stereocenters. The first-order valence-electron chi connectivity index (χ1n) is 14.3. The molecule has 2 N–H and O–H groups in total. The number of amides is 2. The summed E-state index contributed by atoms with van der Waals surface area (Å²) in [4.78, 5) is 28.7. The van der Waals surface area contributed by atoms with E-state index in [1.165, 1.54) is 48.8 Å². The highest BCUT2D eigenvalue weighted by Crippen LogP contribution is 2.60. The number of halogens is 3. The monoisotopic (exact) mass is 558 g/mol. The molecular weight excluding hydrogens is 521 g/mol. The van der Waals surface area contributed by atoms with Crippen molar-refractivity contribution < 1.29 is 22.8 Å². The molecule has 0 saturated heterocycles. The van der Waals surface area contributed by atoms with Crippen molar-refractivity contribution >= 4 is 33.8 Å². The number of anilines is 2. The van der Waals surface area contributed by atoms with Crippen LogP contribution in [-0.4, -0.2) is 11.8 Å². The van der Waals surface area contributed by atoms with Crippen LogP contribution in [0, 0.1) is 34.5 Å². The first-order valence-corrected chi connectivity index (χ1v) is 15.1. The quantitative estimate of drug-likeness (QED) is 0.396. The summed E-state index contributed by atoms with van der Waals surface area (Å²) in [7, 11) is 0. The molecule has 4 bridgehead atoms. The Bertz CT molecular complexity index is 1270. The molecule has 1 heterocycles. The molecule has 4 nitrogen and oxygen atoms in total. The molecule has 39 heavy (non-hydrogen) atoms. The van der Waals surface area contributed by atoms with E-state index in [9.17, 15) is 22.8 Å². The predicted octanol–water partition coefficient (Wildman–Crippen LogP) is 8.33. The standard InChI is InChI=1S/C31H37F3N2O2S/c1-29(2,3)20-8-9-21-24(13-20)39-27(25(21)26(37)35-23-7-5-4-6-22(23)31(32,33)34)36-28(38)30-14-17-10-18(15-30)12-19(11-17)16-30/h4-7,17-20H,8-16H2,1-3H3,(H,35,37)(H,36,38)/t17?,18?,19?,20-,30?/m0/s1. The summed E-state index contributed by atoms with van der Waals surface area (Å²) in [6, 6.07) is 5.05. The van der Waals surface area contributed by atoms with Gasteiger partial charge in [0.1, 0.15) is 5.00 Å². The maximum atomic E-state index is 13.9. The fourth-order valence-corrected chi connectivity index (χ4v) is 9.62. The van der Waals surface area contributed by atoms with E-state index in [2.05, 4.69) is 31.4 Å². The van der Waals surface area contributed by atoms with Gasteiger partial charge in [0.15, 0.2) is 0 Å². The zero-order valence-electron chi connectivity index (χ0n) is 22.8. The van der Waals surface area contributed by atoms with Gasteiger partial charge in [-0.3, -0.25) is 9.59 Å². The summed E-state index contributed by atoms with van der Waals surface area (Å²) in [6.07, 6.45) is 4.16. The number of nitrogens with one attached hydrogen (secondary N) is 2. The largest absolute Gasteiger partial charge is 0.418 e. The van der Waals surface area contributed by atoms with Crippen molar-refractivity contribution in [2.24, 2.45) is 34.5 Å². The van der Waals surface area contributed by atoms with E-state index < -0.39 is 17.6 Å². The highest BCUT2D eigenvalue weighted by molar-refractivity contribution is 7.17. The Morgan fingerprint density at radius 1 is 0.949 bits per heavy atom. The number of rotatable bonds is 4. The first kappa shape index (κ1) is 26.9. The number of thiophene rings is 1. The Labute approximate surface area is 232 Å². The zero-order valence-corrected chi connectivity index (χ0v) is 23.7. The summed E-state index contributed by atoms with van der Waals surface area (Å²) in [5, 5.41) is 6.24. The lowest BCUT2D eigenvalue weighted by Crippen LogP contribution is -2.51. The fourth-order valence-electron chi connectivity index (χ4n) is 8.30. The normalized spacial score (nSPS) is 29.7. The fraction of sp³-hybridized carbons (Fsp3) is 0.613. The number of hydrogen-bond acceptors (Lipinski definition) is 3. The van der Waals surface area contributed by atoms with E-state index in [0.717, 1.165) is 48.6 Å². The van der Waals surface area contributed by atoms with Crippen LogP contribution in [0.3, 0.4) is 0 Å². The van der Waals surface area contributed by atoms with Gasteiger partial charge < -0.3 is 10.6 Å². The number of hydrogen-bond donors (Lipinski definition) is 2. The third kappa shape index (κ3) is 4.91. The lowest BCUT2D eigenvalue weighted by atomic mass is 9.49. The van der Waals surface area contributed by atoms with Crippen LogP contribution < -0.4 is 10.6 Å². The molecule has 1 aromatic carbocycles. The molecule has 0 spiro atoms. The molecule has 1 aromatic heterocycles. The van der Waals surface area contributed by atoms with Crippen molar-refractivity contribution in [1.29, 1.82) is 0 Å². The highest BCUT2D eigenvalue weighted by Gasteiger charge is 2.55. The molecule has 210 valence electrons. The molecule has 1 atom stereocenters. The summed E-state index contributed by atoms with van der Waals surface area (Å²) < 4.78 is 41.0. The van der Waals surface area contributed by atoms with Crippen LogP contribution in [0.25, 0.3) is 0 Å². The molecule has 8 heteroatoms. The average molecular weight is 559 g/mol. The summed E-state index contributed by atoms with van der Waals surface area (Å²) >= 11 is 1.45. The number of carbonyl (C=O) groups excluding carboxylic acids is 2. The predicted molar refractivity (Wildman–Crippen MR) is 148 cm³/mol. The van der Waals surface area contributed by atoms with Gasteiger partial charge in [-0.05, 0) is 105 Å². The molecule has 7 rings (SSSR count). The van der Waals surface area contributed by atoms with Crippen LogP contribution in [0.5, 0.6) is 0 Å². The summed E-state index contributed by atoms with van der Waals surface area (Å²) in [6.45, 7) is 6.65. The highest BCUT2D eigenvalue weighted by atomic mass is 32.1. The molecule has 4 saturated carbocycles. The van der Waals surface area contributed by atoms with E-state index >= 15 is 0 Å². The second-order valence-corrected chi connectivity index (χ2v) is 14.8. The number of fused-ring (bicyclic) bond motifs is 1. The zero-order chi connectivity index (χ0) is 27.7. The maximum absolute atomic E-state index is 13.9. The molecule has 2 amide bonds. The van der Waals surface area contributed by atoms with Crippen molar-refractivity contribution in [1.82, 2.24) is 0 Å². The Balaban J connectivity index is 1.34. The number of carbonyl (C=O) groups is 2. The van der Waals surface area contributed by atoms with Crippen LogP contribution in [0.4, 0.5) is 23.9 Å². The van der Waals surface area contributed by atoms with Gasteiger partial charge in [0.2, 0.25) is 5.91 Å². The molecule has 2 aromatic rings. The van der Waals surface area contributed by atoms with E-state index in [4.69, 9.17) is 0 Å². The minimum Gasteiger partial charge on any atom is -0.321 e. The van der Waals surface area contributed by atoms with Gasteiger partial charge in [0, 0.05) is 4.88 Å². The first-order chi connectivity index (χ1) is 18.3. The van der Waals surface area contributed by atoms with Crippen LogP contribution in [0.2, 0.25) is 0 Å². The minimum atomic E-state index is -4.59. The lowest BCUT2D eigenvalue weighted by molar-refractivity contribution is -0.140. The second kappa shape index (κ2) is 9.35. The third-order valence-electron chi connectivity index (χ3n) is 9.94. The van der Waals surface area contributed by atoms with Crippen LogP contribution >= 0.6 is 11.3 Å². The molecule has 0 radical (unpaired) electrons. The smallest absolute Gasteiger partial charge is 0.321 e. The van der Waals surface area contributed by atoms with E-state index in [-0.39, 0.29) is 22.4 Å². The number of para-hydroxylation sites is 1. The SMILES string of the molecule is CC(C)(C)[C@H]1CCc2c(sc(NC(=O)C34CC5CC(CC(C5)C3)C4)c2C(=O)Nc2ccccc2C(F)(F)F)C1. The molecule has 4 fully saturated rings. The van der Waals surface area contributed by atoms with Gasteiger partial charge in [0.05, 0.1) is 22.2 Å². The Morgan fingerprint density at radius 2 is 1.56 bits per heavy atom. The Kier molecular flexibility index (Phi) is 6.44. The number of benzene rings is 1. The van der Waals surface area contributed by atoms with Gasteiger partial charge >= 0.3 is 6.18 Å². The van der Waals surface area contributed by atoms with E-state index in [0.29, 0.717) is 40.7 Å². The Hall–Kier alpha value is -2.35. The van der Waals surface area contributed by atoms with Crippen molar-refractivity contribution in [3.05, 3.63) is 45.8 Å². The minimum absolute atomic E-state index is 0.00249. The van der Waals surface area contributed by atoms with Crippen molar-refractivity contribution in [2.45, 2.75) is 84.7 Å². The molecule has 5 aliphatic carbocycles. The topological polar surface area (TPSA) is 58.2 Å². The molecular formula is C31H37F3N2O2S. The molecule has 0 aliphatic heterocycles. The van der Waals surface area contributed by atoms with Crippen LogP contribution in [-0.2, 0) is 23.8 Å². The third-order valence-corrected chi connectivity index (χ3v) is 11.1. The second-order valence-electron chi connectivity index (χ2n) is 13.7. The van der Waals surface area contributed by atoms with Gasteiger partial charge in [0.25, 0.3) is 5.91 Å². The summed E-state index contributed by atoms with van der Waals surface area (Å²) in [5.74, 6) is 1.65. The van der Waals surface area contributed by atoms with E-state index in [1.807, 2.05) is 0 Å². The van der Waals surface area contributed by atoms with Gasteiger partial charge in [-0.25, -0.2) is 0 Å². The number of alkyl halides is 3. The van der Waals surface area contributed by atoms with Gasteiger partial charge in [-0.15, -0.1) is 11.3 Å². The van der Waals surface area contributed by atoms with Crippen molar-refractivity contribution in [2.75, 3.05) is 10.6 Å². The Morgan fingerprint density at radius 3 is 2.15 bits per heavy atom. The van der Waals surface area contributed by atoms with Gasteiger partial charge in [-0.2, -0.15) is 13.2 Å². The van der Waals surface area contributed by atoms with Crippen molar-refractivity contribution in [3.63, 3.8) is 0 Å². The van der Waals surface area contributed by atoms with Crippen LogP contribution in [0.1, 0.15) is 92.1 Å². The average Bonchev–Trinajstić information content (AvgIpc) is 3.19. The van der Waals surface area contributed by atoms with Crippen LogP contribution in [0.15, 0.2) is 24.3 Å². The van der Waals surface area contributed by atoms with Gasteiger partial charge in [-0.1, -0.05) is 32.9 Å².